The number of rotatable bonds is 8. The maximum Gasteiger partial charge on any atom is 0.234 e. The van der Waals surface area contributed by atoms with Crippen molar-refractivity contribution >= 4 is 16.8 Å². The predicted molar refractivity (Wildman–Crippen MR) is 99.8 cm³/mol. The van der Waals surface area contributed by atoms with Gasteiger partial charge in [0.1, 0.15) is 0 Å². The van der Waals surface area contributed by atoms with Gasteiger partial charge in [-0.25, -0.2) is 0 Å². The Morgan fingerprint density at radius 1 is 1.20 bits per heavy atom. The zero-order valence-electron chi connectivity index (χ0n) is 15.0. The average molecular weight is 344 g/mol. The van der Waals surface area contributed by atoms with Crippen molar-refractivity contribution in [3.63, 3.8) is 0 Å². The molecule has 1 saturated heterocycles. The molecule has 0 unspecified atom stereocenters. The fourth-order valence-electron chi connectivity index (χ4n) is 3.33. The van der Waals surface area contributed by atoms with Crippen molar-refractivity contribution in [3.8, 4) is 0 Å². The second kappa shape index (κ2) is 8.99. The Balaban J connectivity index is 1.36. The molecular formula is C19H28N4O2. The van der Waals surface area contributed by atoms with E-state index in [1.807, 2.05) is 18.3 Å². The average Bonchev–Trinajstić information content (AvgIpc) is 3.04. The summed E-state index contributed by atoms with van der Waals surface area (Å²) in [6, 6.07) is 8.26. The summed E-state index contributed by atoms with van der Waals surface area (Å²) in [7, 11) is 1.73. The van der Waals surface area contributed by atoms with Crippen LogP contribution in [-0.2, 0) is 16.0 Å². The fraction of sp³-hybridized carbons (Fsp3) is 0.526. The molecule has 6 heteroatoms. The van der Waals surface area contributed by atoms with E-state index in [-0.39, 0.29) is 5.91 Å². The molecule has 1 aromatic carbocycles. The van der Waals surface area contributed by atoms with Gasteiger partial charge in [0.25, 0.3) is 0 Å². The monoisotopic (exact) mass is 344 g/mol. The summed E-state index contributed by atoms with van der Waals surface area (Å²) in [4.78, 5) is 20.0. The first-order valence-electron chi connectivity index (χ1n) is 9.01. The van der Waals surface area contributed by atoms with Crippen LogP contribution in [0.15, 0.2) is 30.5 Å². The minimum absolute atomic E-state index is 0.116. The van der Waals surface area contributed by atoms with E-state index < -0.39 is 0 Å². The number of amides is 1. The van der Waals surface area contributed by atoms with Crippen molar-refractivity contribution < 1.29 is 9.53 Å². The number of piperazine rings is 1. The van der Waals surface area contributed by atoms with Crippen LogP contribution in [0.5, 0.6) is 0 Å². The normalized spacial score (nSPS) is 16.4. The van der Waals surface area contributed by atoms with Gasteiger partial charge in [-0.15, -0.1) is 0 Å². The van der Waals surface area contributed by atoms with Crippen LogP contribution in [0.1, 0.15) is 5.56 Å². The van der Waals surface area contributed by atoms with E-state index in [9.17, 15) is 4.79 Å². The highest BCUT2D eigenvalue weighted by Crippen LogP contribution is 2.17. The van der Waals surface area contributed by atoms with E-state index in [1.54, 1.807) is 7.11 Å². The van der Waals surface area contributed by atoms with Crippen LogP contribution in [0.4, 0.5) is 0 Å². The number of nitrogens with zero attached hydrogens (tertiary/aromatic N) is 2. The predicted octanol–water partition coefficient (Wildman–Crippen LogP) is 1.09. The third-order valence-electron chi connectivity index (χ3n) is 4.84. The van der Waals surface area contributed by atoms with Gasteiger partial charge in [-0.05, 0) is 18.1 Å². The lowest BCUT2D eigenvalue weighted by Crippen LogP contribution is -2.50. The van der Waals surface area contributed by atoms with Gasteiger partial charge >= 0.3 is 0 Å². The molecule has 2 heterocycles. The second-order valence-corrected chi connectivity index (χ2v) is 6.57. The number of carbonyl (C=O) groups excluding carboxylic acids is 1. The number of aromatic amines is 1. The number of aromatic nitrogens is 1. The van der Waals surface area contributed by atoms with Gasteiger partial charge in [-0.2, -0.15) is 0 Å². The van der Waals surface area contributed by atoms with Crippen molar-refractivity contribution in [3.05, 3.63) is 36.0 Å². The standard InChI is InChI=1S/C19H28N4O2/c1-25-13-12-22-8-10-23(11-9-22)15-19(24)20-7-6-16-14-21-18-5-3-2-4-17(16)18/h2-5,14,21H,6-13,15H2,1H3,(H,20,24). The van der Waals surface area contributed by atoms with Gasteiger partial charge < -0.3 is 15.0 Å². The Morgan fingerprint density at radius 3 is 2.76 bits per heavy atom. The minimum atomic E-state index is 0.116. The number of hydrogen-bond acceptors (Lipinski definition) is 4. The molecule has 0 radical (unpaired) electrons. The van der Waals surface area contributed by atoms with E-state index in [4.69, 9.17) is 4.74 Å². The summed E-state index contributed by atoms with van der Waals surface area (Å²) in [6.07, 6.45) is 2.89. The second-order valence-electron chi connectivity index (χ2n) is 6.57. The first-order valence-corrected chi connectivity index (χ1v) is 9.01. The van der Waals surface area contributed by atoms with Crippen LogP contribution in [-0.4, -0.2) is 80.2 Å². The maximum atomic E-state index is 12.2. The maximum absolute atomic E-state index is 12.2. The number of nitrogens with one attached hydrogen (secondary N) is 2. The fourth-order valence-corrected chi connectivity index (χ4v) is 3.33. The smallest absolute Gasteiger partial charge is 0.234 e. The van der Waals surface area contributed by atoms with Crippen LogP contribution in [0, 0.1) is 0 Å². The summed E-state index contributed by atoms with van der Waals surface area (Å²) < 4.78 is 5.12. The number of H-pyrrole nitrogens is 1. The highest BCUT2D eigenvalue weighted by atomic mass is 16.5. The Hall–Kier alpha value is -1.89. The number of methoxy groups -OCH3 is 1. The number of fused-ring (bicyclic) bond motifs is 1. The molecule has 0 bridgehead atoms. The molecule has 6 nitrogen and oxygen atoms in total. The lowest BCUT2D eigenvalue weighted by Gasteiger charge is -2.34. The van der Waals surface area contributed by atoms with Crippen molar-refractivity contribution in [1.29, 1.82) is 0 Å². The lowest BCUT2D eigenvalue weighted by atomic mass is 10.1. The lowest BCUT2D eigenvalue weighted by molar-refractivity contribution is -0.122. The molecule has 136 valence electrons. The number of benzene rings is 1. The summed E-state index contributed by atoms with van der Waals surface area (Å²) in [5, 5.41) is 4.29. The zero-order valence-corrected chi connectivity index (χ0v) is 15.0. The molecule has 1 aromatic heterocycles. The van der Waals surface area contributed by atoms with Crippen LogP contribution in [0.25, 0.3) is 10.9 Å². The van der Waals surface area contributed by atoms with E-state index >= 15 is 0 Å². The topological polar surface area (TPSA) is 60.6 Å². The summed E-state index contributed by atoms with van der Waals surface area (Å²) in [5.74, 6) is 0.116. The molecular weight excluding hydrogens is 316 g/mol. The summed E-state index contributed by atoms with van der Waals surface area (Å²) in [6.45, 7) is 6.81. The molecule has 1 amide bonds. The van der Waals surface area contributed by atoms with Crippen molar-refractivity contribution in [2.24, 2.45) is 0 Å². The quantitative estimate of drug-likeness (QED) is 0.753. The molecule has 1 fully saturated rings. The third-order valence-corrected chi connectivity index (χ3v) is 4.84. The van der Waals surface area contributed by atoms with Crippen LogP contribution in [0.3, 0.4) is 0 Å². The Kier molecular flexibility index (Phi) is 6.44. The van der Waals surface area contributed by atoms with E-state index in [1.165, 1.54) is 10.9 Å². The molecule has 25 heavy (non-hydrogen) atoms. The summed E-state index contributed by atoms with van der Waals surface area (Å²) in [5.41, 5.74) is 2.40. The molecule has 1 aliphatic rings. The van der Waals surface area contributed by atoms with E-state index in [0.717, 1.165) is 51.3 Å². The highest BCUT2D eigenvalue weighted by molar-refractivity contribution is 5.83. The molecule has 0 aliphatic carbocycles. The van der Waals surface area contributed by atoms with Crippen LogP contribution >= 0.6 is 0 Å². The Bertz CT molecular complexity index is 677. The number of para-hydroxylation sites is 1. The molecule has 1 aliphatic heterocycles. The van der Waals surface area contributed by atoms with Gasteiger partial charge in [-0.3, -0.25) is 14.6 Å². The van der Waals surface area contributed by atoms with Gasteiger partial charge in [0.05, 0.1) is 13.2 Å². The van der Waals surface area contributed by atoms with Gasteiger partial charge in [0.2, 0.25) is 5.91 Å². The van der Waals surface area contributed by atoms with E-state index in [0.29, 0.717) is 13.1 Å². The molecule has 0 atom stereocenters. The SMILES string of the molecule is COCCN1CCN(CC(=O)NCCc2c[nH]c3ccccc23)CC1. The van der Waals surface area contributed by atoms with Gasteiger partial charge in [0.15, 0.2) is 0 Å². The van der Waals surface area contributed by atoms with Crippen molar-refractivity contribution in [2.75, 3.05) is 59.5 Å². The number of carbonyl (C=O) groups is 1. The largest absolute Gasteiger partial charge is 0.383 e. The van der Waals surface area contributed by atoms with Crippen molar-refractivity contribution in [2.45, 2.75) is 6.42 Å². The molecule has 0 spiro atoms. The van der Waals surface area contributed by atoms with Gasteiger partial charge in [-0.1, -0.05) is 18.2 Å². The Labute approximate surface area is 149 Å². The van der Waals surface area contributed by atoms with E-state index in [2.05, 4.69) is 32.2 Å². The molecule has 0 saturated carbocycles. The first kappa shape index (κ1) is 17.9. The van der Waals surface area contributed by atoms with Crippen molar-refractivity contribution in [1.82, 2.24) is 20.1 Å². The minimum Gasteiger partial charge on any atom is -0.383 e. The first-order chi connectivity index (χ1) is 12.3. The third kappa shape index (κ3) is 5.04. The van der Waals surface area contributed by atoms with Crippen LogP contribution < -0.4 is 5.32 Å². The number of ether oxygens (including phenoxy) is 1. The van der Waals surface area contributed by atoms with Crippen LogP contribution in [0.2, 0.25) is 0 Å². The molecule has 2 N–H and O–H groups in total. The molecule has 2 aromatic rings. The zero-order chi connectivity index (χ0) is 17.5. The highest BCUT2D eigenvalue weighted by Gasteiger charge is 2.18. The molecule has 3 rings (SSSR count). The van der Waals surface area contributed by atoms with Gasteiger partial charge in [0, 0.05) is 63.5 Å². The Morgan fingerprint density at radius 2 is 1.96 bits per heavy atom. The number of hydrogen-bond donors (Lipinski definition) is 2. The summed E-state index contributed by atoms with van der Waals surface area (Å²) >= 11 is 0.